The molecule has 0 atom stereocenters. The summed E-state index contributed by atoms with van der Waals surface area (Å²) in [6.07, 6.45) is 4.36. The lowest BCUT2D eigenvalue weighted by molar-refractivity contribution is -0.147. The van der Waals surface area contributed by atoms with Crippen molar-refractivity contribution in [2.24, 2.45) is 11.8 Å². The normalized spacial score (nSPS) is 14.4. The van der Waals surface area contributed by atoms with E-state index in [-0.39, 0.29) is 18.4 Å². The van der Waals surface area contributed by atoms with Crippen LogP contribution in [-0.2, 0) is 14.3 Å². The highest BCUT2D eigenvalue weighted by Crippen LogP contribution is 2.31. The minimum atomic E-state index is -0.838. The third-order valence-electron chi connectivity index (χ3n) is 5.41. The number of rotatable bonds is 12. The maximum atomic E-state index is 13.3. The standard InChI is InChI=1S/C25H40N2O4/c1-6-15-31-25(16-19(2)3,17-20(4)5)24(29)26-21-9-11-22(12-10-21)30-18-23(28)27-13-7-8-14-27/h9-12,19-20H,6-8,13-18H2,1-5H3,(H,26,29). The zero-order valence-corrected chi connectivity index (χ0v) is 19.9. The summed E-state index contributed by atoms with van der Waals surface area (Å²) >= 11 is 0. The Bertz CT molecular complexity index is 684. The number of carbonyl (C=O) groups is 2. The number of ether oxygens (including phenoxy) is 2. The van der Waals surface area contributed by atoms with Crippen molar-refractivity contribution in [1.29, 1.82) is 0 Å². The number of hydrogen-bond acceptors (Lipinski definition) is 4. The van der Waals surface area contributed by atoms with E-state index >= 15 is 0 Å². The summed E-state index contributed by atoms with van der Waals surface area (Å²) in [4.78, 5) is 27.3. The zero-order valence-electron chi connectivity index (χ0n) is 19.9. The molecule has 0 radical (unpaired) electrons. The Kier molecular flexibility index (Phi) is 9.82. The Balaban J connectivity index is 2.02. The Morgan fingerprint density at radius 3 is 2.13 bits per heavy atom. The van der Waals surface area contributed by atoms with E-state index in [1.807, 2.05) is 17.0 Å². The summed E-state index contributed by atoms with van der Waals surface area (Å²) in [6, 6.07) is 7.18. The lowest BCUT2D eigenvalue weighted by Crippen LogP contribution is -2.47. The molecule has 0 saturated carbocycles. The summed E-state index contributed by atoms with van der Waals surface area (Å²) in [5, 5.41) is 3.04. The molecule has 0 bridgehead atoms. The molecule has 1 aromatic carbocycles. The number of likely N-dealkylation sites (tertiary alicyclic amines) is 1. The second kappa shape index (κ2) is 12.1. The molecule has 1 aliphatic rings. The van der Waals surface area contributed by atoms with Gasteiger partial charge in [0.1, 0.15) is 11.4 Å². The van der Waals surface area contributed by atoms with Crippen LogP contribution in [0.5, 0.6) is 5.75 Å². The van der Waals surface area contributed by atoms with Crippen molar-refractivity contribution in [3.63, 3.8) is 0 Å². The number of nitrogens with one attached hydrogen (secondary N) is 1. The highest BCUT2D eigenvalue weighted by Gasteiger charge is 2.40. The molecule has 1 aromatic rings. The molecule has 0 aliphatic carbocycles. The molecule has 1 fully saturated rings. The van der Waals surface area contributed by atoms with Crippen LogP contribution in [0.25, 0.3) is 0 Å². The number of anilines is 1. The Labute approximate surface area is 187 Å². The minimum Gasteiger partial charge on any atom is -0.484 e. The summed E-state index contributed by atoms with van der Waals surface area (Å²) < 4.78 is 11.8. The lowest BCUT2D eigenvalue weighted by atomic mass is 9.83. The first-order chi connectivity index (χ1) is 14.8. The summed E-state index contributed by atoms with van der Waals surface area (Å²) in [5.74, 6) is 1.22. The molecule has 1 N–H and O–H groups in total. The van der Waals surface area contributed by atoms with Crippen molar-refractivity contribution >= 4 is 17.5 Å². The average Bonchev–Trinajstić information content (AvgIpc) is 3.25. The van der Waals surface area contributed by atoms with Gasteiger partial charge in [0.05, 0.1) is 0 Å². The van der Waals surface area contributed by atoms with Gasteiger partial charge in [0, 0.05) is 25.4 Å². The van der Waals surface area contributed by atoms with E-state index in [0.717, 1.165) is 32.4 Å². The van der Waals surface area contributed by atoms with Gasteiger partial charge in [0.15, 0.2) is 6.61 Å². The van der Waals surface area contributed by atoms with Crippen molar-refractivity contribution in [1.82, 2.24) is 4.90 Å². The fourth-order valence-electron chi connectivity index (χ4n) is 4.15. The zero-order chi connectivity index (χ0) is 22.9. The second-order valence-electron chi connectivity index (χ2n) is 9.39. The van der Waals surface area contributed by atoms with Gasteiger partial charge in [-0.3, -0.25) is 9.59 Å². The van der Waals surface area contributed by atoms with Crippen LogP contribution < -0.4 is 10.1 Å². The van der Waals surface area contributed by atoms with Gasteiger partial charge in [-0.05, 0) is 68.2 Å². The third kappa shape index (κ3) is 7.84. The van der Waals surface area contributed by atoms with Gasteiger partial charge in [-0.1, -0.05) is 34.6 Å². The number of amides is 2. The highest BCUT2D eigenvalue weighted by molar-refractivity contribution is 5.97. The molecule has 2 amide bonds. The molecule has 1 saturated heterocycles. The predicted octanol–water partition coefficient (Wildman–Crippen LogP) is 4.88. The van der Waals surface area contributed by atoms with Crippen LogP contribution in [0.4, 0.5) is 5.69 Å². The van der Waals surface area contributed by atoms with Gasteiger partial charge in [-0.25, -0.2) is 0 Å². The fourth-order valence-corrected chi connectivity index (χ4v) is 4.15. The van der Waals surface area contributed by atoms with Crippen LogP contribution in [0.2, 0.25) is 0 Å². The molecule has 174 valence electrons. The van der Waals surface area contributed by atoms with Crippen LogP contribution in [-0.4, -0.2) is 48.6 Å². The van der Waals surface area contributed by atoms with E-state index in [0.29, 0.717) is 42.7 Å². The molecule has 1 heterocycles. The molecule has 0 aromatic heterocycles. The first-order valence-corrected chi connectivity index (χ1v) is 11.7. The number of carbonyl (C=O) groups excluding carboxylic acids is 2. The number of hydrogen-bond donors (Lipinski definition) is 1. The second-order valence-corrected chi connectivity index (χ2v) is 9.39. The first-order valence-electron chi connectivity index (χ1n) is 11.7. The summed E-state index contributed by atoms with van der Waals surface area (Å²) in [6.45, 7) is 12.8. The van der Waals surface area contributed by atoms with Gasteiger partial charge < -0.3 is 19.7 Å². The number of benzene rings is 1. The highest BCUT2D eigenvalue weighted by atomic mass is 16.5. The van der Waals surface area contributed by atoms with Crippen LogP contribution in [0.1, 0.15) is 66.7 Å². The van der Waals surface area contributed by atoms with Crippen molar-refractivity contribution in [3.05, 3.63) is 24.3 Å². The van der Waals surface area contributed by atoms with Crippen molar-refractivity contribution in [2.45, 2.75) is 72.3 Å². The molecular weight excluding hydrogens is 392 g/mol. The summed E-state index contributed by atoms with van der Waals surface area (Å²) in [7, 11) is 0. The van der Waals surface area contributed by atoms with Gasteiger partial charge >= 0.3 is 0 Å². The molecule has 0 spiro atoms. The van der Waals surface area contributed by atoms with E-state index < -0.39 is 5.60 Å². The summed E-state index contributed by atoms with van der Waals surface area (Å²) in [5.41, 5.74) is -0.143. The molecular formula is C25H40N2O4. The van der Waals surface area contributed by atoms with Crippen LogP contribution >= 0.6 is 0 Å². The molecule has 1 aliphatic heterocycles. The predicted molar refractivity (Wildman–Crippen MR) is 124 cm³/mol. The van der Waals surface area contributed by atoms with Gasteiger partial charge in [-0.2, -0.15) is 0 Å². The van der Waals surface area contributed by atoms with Crippen LogP contribution in [0, 0.1) is 11.8 Å². The van der Waals surface area contributed by atoms with Crippen molar-refractivity contribution in [2.75, 3.05) is 31.6 Å². The molecule has 6 nitrogen and oxygen atoms in total. The van der Waals surface area contributed by atoms with E-state index in [1.165, 1.54) is 0 Å². The SMILES string of the molecule is CCCOC(CC(C)C)(CC(C)C)C(=O)Nc1ccc(OCC(=O)N2CCCC2)cc1. The largest absolute Gasteiger partial charge is 0.484 e. The van der Waals surface area contributed by atoms with E-state index in [9.17, 15) is 9.59 Å². The van der Waals surface area contributed by atoms with Crippen molar-refractivity contribution < 1.29 is 19.1 Å². The lowest BCUT2D eigenvalue weighted by Gasteiger charge is -2.35. The molecule has 0 unspecified atom stereocenters. The number of nitrogens with zero attached hydrogens (tertiary/aromatic N) is 1. The van der Waals surface area contributed by atoms with E-state index in [1.54, 1.807) is 12.1 Å². The Morgan fingerprint density at radius 2 is 1.61 bits per heavy atom. The minimum absolute atomic E-state index is 0.0232. The smallest absolute Gasteiger partial charge is 0.260 e. The maximum absolute atomic E-state index is 13.3. The Morgan fingerprint density at radius 1 is 1.03 bits per heavy atom. The Hall–Kier alpha value is -2.08. The topological polar surface area (TPSA) is 67.9 Å². The van der Waals surface area contributed by atoms with Crippen LogP contribution in [0.3, 0.4) is 0 Å². The van der Waals surface area contributed by atoms with Crippen molar-refractivity contribution in [3.8, 4) is 5.75 Å². The molecule has 31 heavy (non-hydrogen) atoms. The van der Waals surface area contributed by atoms with Gasteiger partial charge in [0.2, 0.25) is 0 Å². The van der Waals surface area contributed by atoms with Gasteiger partial charge in [-0.15, -0.1) is 0 Å². The monoisotopic (exact) mass is 432 g/mol. The average molecular weight is 433 g/mol. The van der Waals surface area contributed by atoms with Crippen LogP contribution in [0.15, 0.2) is 24.3 Å². The van der Waals surface area contributed by atoms with E-state index in [2.05, 4.69) is 39.9 Å². The quantitative estimate of drug-likeness (QED) is 0.511. The molecule has 2 rings (SSSR count). The fraction of sp³-hybridized carbons (Fsp3) is 0.680. The first kappa shape index (κ1) is 25.2. The third-order valence-corrected chi connectivity index (χ3v) is 5.41. The van der Waals surface area contributed by atoms with Gasteiger partial charge in [0.25, 0.3) is 11.8 Å². The van der Waals surface area contributed by atoms with E-state index in [4.69, 9.17) is 9.47 Å². The molecule has 6 heteroatoms. The maximum Gasteiger partial charge on any atom is 0.260 e.